The largest absolute Gasteiger partial charge is 0.331 e. The van der Waals surface area contributed by atoms with Crippen LogP contribution in [0.5, 0.6) is 0 Å². The number of aromatic nitrogens is 4. The first-order valence-electron chi connectivity index (χ1n) is 6.11. The van der Waals surface area contributed by atoms with Gasteiger partial charge in [-0.05, 0) is 41.9 Å². The van der Waals surface area contributed by atoms with E-state index in [1.165, 1.54) is 0 Å². The number of hydrogen-bond donors (Lipinski definition) is 0. The first-order chi connectivity index (χ1) is 8.99. The third kappa shape index (κ3) is 1.80. The lowest BCUT2D eigenvalue weighted by Crippen LogP contribution is -1.90. The van der Waals surface area contributed by atoms with Gasteiger partial charge in [-0.3, -0.25) is 0 Å². The number of halogens is 1. The van der Waals surface area contributed by atoms with Crippen molar-refractivity contribution >= 4 is 27.0 Å². The highest BCUT2D eigenvalue weighted by Gasteiger charge is 2.13. The molecule has 0 unspecified atom stereocenters. The van der Waals surface area contributed by atoms with Crippen molar-refractivity contribution in [3.8, 4) is 11.3 Å². The molecule has 0 bridgehead atoms. The van der Waals surface area contributed by atoms with Crippen LogP contribution >= 0.6 is 15.9 Å². The lowest BCUT2D eigenvalue weighted by molar-refractivity contribution is 0.840. The molecule has 0 fully saturated rings. The molecule has 98 valence electrons. The van der Waals surface area contributed by atoms with Gasteiger partial charge in [0, 0.05) is 19.7 Å². The summed E-state index contributed by atoms with van der Waals surface area (Å²) >= 11 is 3.60. The monoisotopic (exact) mass is 318 g/mol. The number of imidazole rings is 2. The van der Waals surface area contributed by atoms with E-state index < -0.39 is 0 Å². The maximum absolute atomic E-state index is 4.60. The number of nitrogens with zero attached hydrogens (tertiary/aromatic N) is 4. The molecule has 0 aliphatic carbocycles. The smallest absolute Gasteiger partial charge is 0.112 e. The third-order valence-corrected chi connectivity index (χ3v) is 4.53. The van der Waals surface area contributed by atoms with E-state index in [2.05, 4.69) is 48.7 Å². The van der Waals surface area contributed by atoms with Gasteiger partial charge < -0.3 is 9.13 Å². The van der Waals surface area contributed by atoms with E-state index >= 15 is 0 Å². The summed E-state index contributed by atoms with van der Waals surface area (Å²) < 4.78 is 5.12. The average molecular weight is 319 g/mol. The van der Waals surface area contributed by atoms with Crippen LogP contribution in [0, 0.1) is 13.8 Å². The molecule has 1 aromatic carbocycles. The van der Waals surface area contributed by atoms with Crippen LogP contribution < -0.4 is 0 Å². The second kappa shape index (κ2) is 4.20. The molecular weight excluding hydrogens is 304 g/mol. The highest BCUT2D eigenvalue weighted by atomic mass is 79.9. The van der Waals surface area contributed by atoms with Gasteiger partial charge in [0.2, 0.25) is 0 Å². The molecule has 0 saturated carbocycles. The van der Waals surface area contributed by atoms with Gasteiger partial charge in [0.05, 0.1) is 11.0 Å². The molecule has 2 aromatic heterocycles. The summed E-state index contributed by atoms with van der Waals surface area (Å²) in [5, 5.41) is 0. The van der Waals surface area contributed by atoms with Gasteiger partial charge in [0.15, 0.2) is 0 Å². The predicted molar refractivity (Wildman–Crippen MR) is 80.1 cm³/mol. The minimum absolute atomic E-state index is 0.963. The molecule has 0 N–H and O–H groups in total. The number of benzene rings is 1. The van der Waals surface area contributed by atoms with Gasteiger partial charge in [0.1, 0.15) is 21.9 Å². The Hall–Kier alpha value is -1.62. The van der Waals surface area contributed by atoms with Gasteiger partial charge in [-0.25, -0.2) is 9.97 Å². The Morgan fingerprint density at radius 2 is 1.68 bits per heavy atom. The number of fused-ring (bicyclic) bond motifs is 1. The van der Waals surface area contributed by atoms with E-state index in [1.807, 2.05) is 32.5 Å². The number of rotatable bonds is 1. The molecule has 0 saturated heterocycles. The van der Waals surface area contributed by atoms with Crippen molar-refractivity contribution in [2.75, 3.05) is 0 Å². The number of hydrogen-bond acceptors (Lipinski definition) is 2. The molecule has 19 heavy (non-hydrogen) atoms. The van der Waals surface area contributed by atoms with E-state index in [0.29, 0.717) is 0 Å². The Labute approximate surface area is 120 Å². The van der Waals surface area contributed by atoms with E-state index in [4.69, 9.17) is 0 Å². The van der Waals surface area contributed by atoms with Crippen LogP contribution in [-0.4, -0.2) is 19.1 Å². The summed E-state index contributed by atoms with van der Waals surface area (Å²) in [4.78, 5) is 9.17. The van der Waals surface area contributed by atoms with Gasteiger partial charge >= 0.3 is 0 Å². The van der Waals surface area contributed by atoms with Gasteiger partial charge in [0.25, 0.3) is 0 Å². The minimum Gasteiger partial charge on any atom is -0.331 e. The van der Waals surface area contributed by atoms with Crippen LogP contribution in [0.25, 0.3) is 22.3 Å². The SMILES string of the molecule is Cc1nc(-c2ccc3c(c2)nc(C)n3C)c(Br)n1C. The quantitative estimate of drug-likeness (QED) is 0.689. The van der Waals surface area contributed by atoms with Crippen molar-refractivity contribution in [1.82, 2.24) is 19.1 Å². The van der Waals surface area contributed by atoms with Crippen molar-refractivity contribution in [2.45, 2.75) is 13.8 Å². The molecular formula is C14H15BrN4. The van der Waals surface area contributed by atoms with Gasteiger partial charge in [-0.2, -0.15) is 0 Å². The fraction of sp³-hybridized carbons (Fsp3) is 0.286. The zero-order chi connectivity index (χ0) is 13.7. The molecule has 4 nitrogen and oxygen atoms in total. The zero-order valence-electron chi connectivity index (χ0n) is 11.4. The topological polar surface area (TPSA) is 35.6 Å². The lowest BCUT2D eigenvalue weighted by atomic mass is 10.1. The van der Waals surface area contributed by atoms with E-state index in [0.717, 1.165) is 38.5 Å². The molecule has 0 aliphatic heterocycles. The van der Waals surface area contributed by atoms with E-state index in [1.54, 1.807) is 0 Å². The molecule has 0 atom stereocenters. The molecule has 2 heterocycles. The summed E-state index contributed by atoms with van der Waals surface area (Å²) in [6, 6.07) is 6.28. The summed E-state index contributed by atoms with van der Waals surface area (Å²) in [5.74, 6) is 2.00. The second-order valence-electron chi connectivity index (χ2n) is 4.78. The molecule has 0 radical (unpaired) electrons. The molecule has 5 heteroatoms. The molecule has 0 aliphatic rings. The summed E-state index contributed by atoms with van der Waals surface area (Å²) in [6.45, 7) is 4.01. The predicted octanol–water partition coefficient (Wildman–Crippen LogP) is 3.35. The lowest BCUT2D eigenvalue weighted by Gasteiger charge is -2.00. The Morgan fingerprint density at radius 3 is 2.32 bits per heavy atom. The second-order valence-corrected chi connectivity index (χ2v) is 5.53. The normalized spacial score (nSPS) is 11.4. The zero-order valence-corrected chi connectivity index (χ0v) is 13.0. The molecule has 3 rings (SSSR count). The van der Waals surface area contributed by atoms with Crippen LogP contribution in [0.3, 0.4) is 0 Å². The molecule has 0 spiro atoms. The summed E-state index contributed by atoms with van der Waals surface area (Å²) in [7, 11) is 4.03. The maximum Gasteiger partial charge on any atom is 0.112 e. The fourth-order valence-corrected chi connectivity index (χ4v) is 2.81. The van der Waals surface area contributed by atoms with Crippen LogP contribution in [0.2, 0.25) is 0 Å². The third-order valence-electron chi connectivity index (χ3n) is 3.63. The standard InChI is InChI=1S/C14H15BrN4/c1-8-16-11-7-10(5-6-12(11)18(8)3)13-14(15)19(4)9(2)17-13/h5-7H,1-4H3. The Morgan fingerprint density at radius 1 is 1.00 bits per heavy atom. The van der Waals surface area contributed by atoms with Crippen molar-refractivity contribution in [3.05, 3.63) is 34.5 Å². The molecule has 3 aromatic rings. The summed E-state index contributed by atoms with van der Waals surface area (Å²) in [6.07, 6.45) is 0. The van der Waals surface area contributed by atoms with E-state index in [9.17, 15) is 0 Å². The van der Waals surface area contributed by atoms with E-state index in [-0.39, 0.29) is 0 Å². The Bertz CT molecular complexity index is 782. The Kier molecular flexibility index (Phi) is 2.74. The minimum atomic E-state index is 0.963. The Balaban J connectivity index is 2.23. The molecule has 0 amide bonds. The van der Waals surface area contributed by atoms with Gasteiger partial charge in [-0.15, -0.1) is 0 Å². The highest BCUT2D eigenvalue weighted by Crippen LogP contribution is 2.30. The van der Waals surface area contributed by atoms with Crippen LogP contribution in [0.1, 0.15) is 11.6 Å². The highest BCUT2D eigenvalue weighted by molar-refractivity contribution is 9.10. The van der Waals surface area contributed by atoms with Gasteiger partial charge in [-0.1, -0.05) is 6.07 Å². The van der Waals surface area contributed by atoms with Crippen LogP contribution in [0.15, 0.2) is 22.8 Å². The van der Waals surface area contributed by atoms with Crippen molar-refractivity contribution in [3.63, 3.8) is 0 Å². The average Bonchev–Trinajstić information content (AvgIpc) is 2.81. The van der Waals surface area contributed by atoms with Crippen molar-refractivity contribution in [2.24, 2.45) is 14.1 Å². The first-order valence-corrected chi connectivity index (χ1v) is 6.90. The van der Waals surface area contributed by atoms with Crippen LogP contribution in [0.4, 0.5) is 0 Å². The summed E-state index contributed by atoms with van der Waals surface area (Å²) in [5.41, 5.74) is 4.20. The fourth-order valence-electron chi connectivity index (χ4n) is 2.24. The van der Waals surface area contributed by atoms with Crippen molar-refractivity contribution < 1.29 is 0 Å². The maximum atomic E-state index is 4.60. The van der Waals surface area contributed by atoms with Crippen LogP contribution in [-0.2, 0) is 14.1 Å². The van der Waals surface area contributed by atoms with Crippen molar-refractivity contribution in [1.29, 1.82) is 0 Å². The first kappa shape index (κ1) is 12.4. The number of aryl methyl sites for hydroxylation is 3.